The van der Waals surface area contributed by atoms with Crippen molar-refractivity contribution in [3.8, 4) is 27.7 Å². The number of aliphatic hydroxyl groups excluding tert-OH is 1. The number of rotatable bonds is 3. The van der Waals surface area contributed by atoms with E-state index in [1.807, 2.05) is 0 Å². The molecule has 2 heterocycles. The van der Waals surface area contributed by atoms with E-state index in [9.17, 15) is 22.7 Å². The summed E-state index contributed by atoms with van der Waals surface area (Å²) in [6.07, 6.45) is -6.04. The highest BCUT2D eigenvalue weighted by molar-refractivity contribution is 7.13. The predicted octanol–water partition coefficient (Wildman–Crippen LogP) is 5.50. The van der Waals surface area contributed by atoms with Crippen LogP contribution in [0.25, 0.3) is 10.4 Å². The number of ether oxygens (including phenoxy) is 2. The number of halogens is 4. The van der Waals surface area contributed by atoms with E-state index in [0.29, 0.717) is 16.5 Å². The van der Waals surface area contributed by atoms with Gasteiger partial charge in [-0.15, -0.1) is 11.3 Å². The lowest BCUT2D eigenvalue weighted by atomic mass is 10.0. The number of aliphatic hydroxyl groups is 1. The number of alkyl halides is 2. The summed E-state index contributed by atoms with van der Waals surface area (Å²) in [5.74, 6) is -2.52. The first kappa shape index (κ1) is 16.9. The fraction of sp³-hybridized carbons (Fsp3) is 0.111. The van der Waals surface area contributed by atoms with E-state index in [0.717, 1.165) is 12.1 Å². The molecule has 26 heavy (non-hydrogen) atoms. The van der Waals surface area contributed by atoms with E-state index in [2.05, 4.69) is 4.74 Å². The summed E-state index contributed by atoms with van der Waals surface area (Å²) in [4.78, 5) is 0.657. The Labute approximate surface area is 149 Å². The lowest BCUT2D eigenvalue weighted by molar-refractivity contribution is -0.224. The molecular formula is C18H10F4O3S. The minimum absolute atomic E-state index is 0.133. The van der Waals surface area contributed by atoms with Gasteiger partial charge in [-0.05, 0) is 23.6 Å². The summed E-state index contributed by atoms with van der Waals surface area (Å²) in [6.45, 7) is 0. The number of hydrogen-bond donors (Lipinski definition) is 1. The lowest BCUT2D eigenvalue weighted by Gasteiger charge is -2.12. The van der Waals surface area contributed by atoms with Gasteiger partial charge < -0.3 is 14.6 Å². The van der Waals surface area contributed by atoms with Gasteiger partial charge in [-0.3, -0.25) is 0 Å². The second kappa shape index (κ2) is 6.00. The van der Waals surface area contributed by atoms with E-state index in [-0.39, 0.29) is 22.8 Å². The van der Waals surface area contributed by atoms with Crippen molar-refractivity contribution in [2.24, 2.45) is 0 Å². The zero-order chi connectivity index (χ0) is 18.5. The largest absolute Gasteiger partial charge is 0.453 e. The average Bonchev–Trinajstić information content (AvgIpc) is 3.15. The topological polar surface area (TPSA) is 38.7 Å². The molecule has 4 rings (SSSR count). The van der Waals surface area contributed by atoms with Gasteiger partial charge in [0.05, 0.1) is 0 Å². The van der Waals surface area contributed by atoms with Crippen LogP contribution in [0.2, 0.25) is 0 Å². The van der Waals surface area contributed by atoms with Crippen LogP contribution in [-0.4, -0.2) is 11.2 Å². The molecule has 0 radical (unpaired) electrons. The van der Waals surface area contributed by atoms with Crippen molar-refractivity contribution in [3.05, 3.63) is 65.0 Å². The van der Waals surface area contributed by atoms with Crippen molar-refractivity contribution in [1.82, 2.24) is 0 Å². The monoisotopic (exact) mass is 382 g/mol. The number of fused-ring (bicyclic) bond motifs is 1. The Balaban J connectivity index is 1.83. The van der Waals surface area contributed by atoms with Crippen LogP contribution in [0.1, 0.15) is 11.7 Å². The summed E-state index contributed by atoms with van der Waals surface area (Å²) in [7, 11) is 0. The quantitative estimate of drug-likeness (QED) is 0.608. The molecule has 1 atom stereocenters. The van der Waals surface area contributed by atoms with Crippen molar-refractivity contribution >= 4 is 11.3 Å². The Morgan fingerprint density at radius 3 is 2.46 bits per heavy atom. The molecule has 3 aromatic rings. The highest BCUT2D eigenvalue weighted by atomic mass is 32.1. The summed E-state index contributed by atoms with van der Waals surface area (Å²) in [5.41, 5.74) is 0.240. The Morgan fingerprint density at radius 1 is 1.08 bits per heavy atom. The van der Waals surface area contributed by atoms with Crippen molar-refractivity contribution in [2.75, 3.05) is 0 Å². The van der Waals surface area contributed by atoms with E-state index >= 15 is 0 Å². The van der Waals surface area contributed by atoms with Crippen molar-refractivity contribution in [1.29, 1.82) is 0 Å². The van der Waals surface area contributed by atoms with Gasteiger partial charge in [0.2, 0.25) is 0 Å². The second-order valence-electron chi connectivity index (χ2n) is 5.60. The summed E-state index contributed by atoms with van der Waals surface area (Å²) in [6, 6.07) is 8.77. The van der Waals surface area contributed by atoms with Crippen LogP contribution in [0.5, 0.6) is 17.2 Å². The highest BCUT2D eigenvalue weighted by Crippen LogP contribution is 2.54. The van der Waals surface area contributed by atoms with Gasteiger partial charge in [0.15, 0.2) is 17.6 Å². The first-order valence-corrected chi connectivity index (χ1v) is 8.33. The van der Waals surface area contributed by atoms with Crippen LogP contribution < -0.4 is 9.47 Å². The van der Waals surface area contributed by atoms with Crippen molar-refractivity contribution in [3.63, 3.8) is 0 Å². The van der Waals surface area contributed by atoms with Gasteiger partial charge in [-0.2, -0.15) is 8.78 Å². The van der Waals surface area contributed by atoms with E-state index in [1.165, 1.54) is 23.5 Å². The van der Waals surface area contributed by atoms with Gasteiger partial charge >= 0.3 is 6.11 Å². The van der Waals surface area contributed by atoms with Crippen LogP contribution >= 0.6 is 11.3 Å². The molecule has 0 amide bonds. The molecular weight excluding hydrogens is 372 g/mol. The standard InChI is InChI=1S/C18H10F4O3S/c19-9-6-10(20)8-11(7-9)24-13-4-3-12(14-2-1-5-26-14)15-16(13)25-18(21,22)17(15)23/h1-8,17,23H. The first-order chi connectivity index (χ1) is 12.3. The SMILES string of the molecule is OC1c2c(-c3cccs3)ccc(Oc3cc(F)cc(F)c3)c2OC1(F)F. The molecule has 0 fully saturated rings. The molecule has 0 aliphatic carbocycles. The maximum absolute atomic E-state index is 14.0. The lowest BCUT2D eigenvalue weighted by Crippen LogP contribution is -2.26. The third kappa shape index (κ3) is 2.81. The average molecular weight is 382 g/mol. The van der Waals surface area contributed by atoms with Crippen LogP contribution in [0.3, 0.4) is 0 Å². The molecule has 1 aromatic heterocycles. The summed E-state index contributed by atoms with van der Waals surface area (Å²) >= 11 is 1.31. The maximum atomic E-state index is 14.0. The Bertz CT molecular complexity index is 953. The van der Waals surface area contributed by atoms with Gasteiger partial charge in [-0.1, -0.05) is 6.07 Å². The van der Waals surface area contributed by atoms with E-state index < -0.39 is 23.8 Å². The predicted molar refractivity (Wildman–Crippen MR) is 86.7 cm³/mol. The van der Waals surface area contributed by atoms with Gasteiger partial charge in [0.25, 0.3) is 0 Å². The zero-order valence-electron chi connectivity index (χ0n) is 12.9. The Kier molecular flexibility index (Phi) is 3.89. The Hall–Kier alpha value is -2.58. The molecule has 3 nitrogen and oxygen atoms in total. The molecule has 2 aromatic carbocycles. The maximum Gasteiger partial charge on any atom is 0.429 e. The van der Waals surface area contributed by atoms with Crippen LogP contribution in [0.4, 0.5) is 17.6 Å². The minimum Gasteiger partial charge on any atom is -0.453 e. The molecule has 0 bridgehead atoms. The molecule has 1 unspecified atom stereocenters. The molecule has 1 N–H and O–H groups in total. The van der Waals surface area contributed by atoms with Gasteiger partial charge in [-0.25, -0.2) is 8.78 Å². The second-order valence-corrected chi connectivity index (χ2v) is 6.55. The summed E-state index contributed by atoms with van der Waals surface area (Å²) < 4.78 is 64.5. The van der Waals surface area contributed by atoms with Crippen LogP contribution in [-0.2, 0) is 0 Å². The molecule has 134 valence electrons. The van der Waals surface area contributed by atoms with Crippen LogP contribution in [0, 0.1) is 11.6 Å². The van der Waals surface area contributed by atoms with E-state index in [4.69, 9.17) is 4.74 Å². The minimum atomic E-state index is -3.85. The van der Waals surface area contributed by atoms with Crippen molar-refractivity contribution in [2.45, 2.75) is 12.2 Å². The summed E-state index contributed by atoms with van der Waals surface area (Å²) in [5, 5.41) is 11.8. The molecule has 1 aliphatic heterocycles. The smallest absolute Gasteiger partial charge is 0.429 e. The number of thiophene rings is 1. The molecule has 8 heteroatoms. The fourth-order valence-electron chi connectivity index (χ4n) is 2.76. The van der Waals surface area contributed by atoms with E-state index in [1.54, 1.807) is 17.5 Å². The highest BCUT2D eigenvalue weighted by Gasteiger charge is 2.52. The third-order valence-electron chi connectivity index (χ3n) is 3.84. The molecule has 1 aliphatic rings. The van der Waals surface area contributed by atoms with Gasteiger partial charge in [0.1, 0.15) is 17.4 Å². The first-order valence-electron chi connectivity index (χ1n) is 7.45. The number of hydrogen-bond acceptors (Lipinski definition) is 4. The Morgan fingerprint density at radius 2 is 1.81 bits per heavy atom. The normalized spacial score (nSPS) is 17.7. The molecule has 0 saturated carbocycles. The van der Waals surface area contributed by atoms with Crippen LogP contribution in [0.15, 0.2) is 47.8 Å². The van der Waals surface area contributed by atoms with Crippen molar-refractivity contribution < 1.29 is 32.1 Å². The molecule has 0 saturated heterocycles. The number of benzene rings is 2. The zero-order valence-corrected chi connectivity index (χ0v) is 13.7. The molecule has 0 spiro atoms. The third-order valence-corrected chi connectivity index (χ3v) is 4.74. The fourth-order valence-corrected chi connectivity index (χ4v) is 3.52. The van der Waals surface area contributed by atoms with Gasteiger partial charge in [0, 0.05) is 34.2 Å².